The number of para-hydroxylation sites is 1. The van der Waals surface area contributed by atoms with Crippen molar-refractivity contribution in [1.82, 2.24) is 4.90 Å². The van der Waals surface area contributed by atoms with E-state index in [1.807, 2.05) is 23.1 Å². The fourth-order valence-corrected chi connectivity index (χ4v) is 2.93. The summed E-state index contributed by atoms with van der Waals surface area (Å²) in [5.74, 6) is 1.23. The van der Waals surface area contributed by atoms with Crippen molar-refractivity contribution in [2.24, 2.45) is 5.92 Å². The quantitative estimate of drug-likeness (QED) is 0.785. The number of hydrogen-bond donors (Lipinski definition) is 0. The lowest BCUT2D eigenvalue weighted by Crippen LogP contribution is -2.38. The van der Waals surface area contributed by atoms with Crippen molar-refractivity contribution < 1.29 is 14.3 Å². The lowest BCUT2D eigenvalue weighted by Gasteiger charge is -2.24. The molecule has 1 aromatic rings. The molecule has 0 radical (unpaired) electrons. The van der Waals surface area contributed by atoms with E-state index in [4.69, 9.17) is 9.47 Å². The van der Waals surface area contributed by atoms with Gasteiger partial charge in [0.2, 0.25) is 5.91 Å². The fraction of sp³-hybridized carbons (Fsp3) is 0.562. The Bertz CT molecular complexity index is 467. The molecule has 1 amide bonds. The minimum atomic E-state index is 0.0387. The molecule has 1 aromatic carbocycles. The average molecular weight is 275 g/mol. The molecule has 0 aromatic heterocycles. The van der Waals surface area contributed by atoms with Gasteiger partial charge in [0.25, 0.3) is 0 Å². The van der Waals surface area contributed by atoms with Gasteiger partial charge in [-0.1, -0.05) is 18.2 Å². The highest BCUT2D eigenvalue weighted by Gasteiger charge is 2.27. The number of nitrogens with zero attached hydrogens (tertiary/aromatic N) is 1. The summed E-state index contributed by atoms with van der Waals surface area (Å²) in [4.78, 5) is 14.6. The Kier molecular flexibility index (Phi) is 4.21. The second kappa shape index (κ2) is 6.27. The molecule has 0 unspecified atom stereocenters. The van der Waals surface area contributed by atoms with Crippen LogP contribution in [0.15, 0.2) is 24.3 Å². The van der Waals surface area contributed by atoms with Gasteiger partial charge in [-0.05, 0) is 30.9 Å². The van der Waals surface area contributed by atoms with Gasteiger partial charge in [-0.25, -0.2) is 0 Å². The normalized spacial score (nSPS) is 23.2. The molecule has 3 rings (SSSR count). The van der Waals surface area contributed by atoms with Crippen LogP contribution in [0.2, 0.25) is 0 Å². The van der Waals surface area contributed by atoms with E-state index in [1.165, 1.54) is 0 Å². The molecule has 1 atom stereocenters. The van der Waals surface area contributed by atoms with Gasteiger partial charge in [-0.3, -0.25) is 4.79 Å². The summed E-state index contributed by atoms with van der Waals surface area (Å²) in [6, 6.07) is 8.04. The highest BCUT2D eigenvalue weighted by atomic mass is 16.5. The SMILES string of the molecule is O=C([C@H]1CCOc2ccccc2C1)N1CCCOCC1. The van der Waals surface area contributed by atoms with E-state index >= 15 is 0 Å². The lowest BCUT2D eigenvalue weighted by atomic mass is 9.95. The maximum absolute atomic E-state index is 12.7. The van der Waals surface area contributed by atoms with Crippen LogP contribution in [0.25, 0.3) is 0 Å². The molecule has 2 aliphatic rings. The summed E-state index contributed by atoms with van der Waals surface area (Å²) in [5, 5.41) is 0. The van der Waals surface area contributed by atoms with Gasteiger partial charge in [0.1, 0.15) is 5.75 Å². The van der Waals surface area contributed by atoms with E-state index in [-0.39, 0.29) is 11.8 Å². The zero-order valence-electron chi connectivity index (χ0n) is 11.7. The number of amides is 1. The number of ether oxygens (including phenoxy) is 2. The van der Waals surface area contributed by atoms with Crippen molar-refractivity contribution in [3.8, 4) is 5.75 Å². The monoisotopic (exact) mass is 275 g/mol. The maximum atomic E-state index is 12.7. The molecule has 2 aliphatic heterocycles. The van der Waals surface area contributed by atoms with E-state index in [2.05, 4.69) is 6.07 Å². The molecular formula is C16H21NO3. The van der Waals surface area contributed by atoms with Crippen LogP contribution in [-0.2, 0) is 16.0 Å². The standard InChI is InChI=1S/C16H21NO3/c18-16(17-7-3-9-19-11-8-17)14-6-10-20-15-5-2-1-4-13(15)12-14/h1-2,4-5,14H,3,6-12H2/t14-/m0/s1. The number of benzene rings is 1. The number of carbonyl (C=O) groups excluding carboxylic acids is 1. The van der Waals surface area contributed by atoms with Crippen LogP contribution in [-0.4, -0.2) is 43.7 Å². The van der Waals surface area contributed by atoms with E-state index < -0.39 is 0 Å². The van der Waals surface area contributed by atoms with E-state index in [0.717, 1.165) is 50.3 Å². The Morgan fingerprint density at radius 2 is 2.05 bits per heavy atom. The molecule has 0 spiro atoms. The molecule has 0 bridgehead atoms. The highest BCUT2D eigenvalue weighted by Crippen LogP contribution is 2.27. The summed E-state index contributed by atoms with van der Waals surface area (Å²) >= 11 is 0. The van der Waals surface area contributed by atoms with E-state index in [1.54, 1.807) is 0 Å². The van der Waals surface area contributed by atoms with Gasteiger partial charge in [-0.2, -0.15) is 0 Å². The molecular weight excluding hydrogens is 254 g/mol. The summed E-state index contributed by atoms with van der Waals surface area (Å²) in [6.45, 7) is 3.58. The van der Waals surface area contributed by atoms with Crippen LogP contribution >= 0.6 is 0 Å². The van der Waals surface area contributed by atoms with Crippen molar-refractivity contribution in [2.75, 3.05) is 32.9 Å². The van der Waals surface area contributed by atoms with Gasteiger partial charge in [0.15, 0.2) is 0 Å². The topological polar surface area (TPSA) is 38.8 Å². The smallest absolute Gasteiger partial charge is 0.226 e. The minimum absolute atomic E-state index is 0.0387. The molecule has 20 heavy (non-hydrogen) atoms. The molecule has 4 heteroatoms. The number of carbonyl (C=O) groups is 1. The van der Waals surface area contributed by atoms with Crippen molar-refractivity contribution in [1.29, 1.82) is 0 Å². The highest BCUT2D eigenvalue weighted by molar-refractivity contribution is 5.79. The summed E-state index contributed by atoms with van der Waals surface area (Å²) < 4.78 is 11.2. The summed E-state index contributed by atoms with van der Waals surface area (Å²) in [7, 11) is 0. The van der Waals surface area contributed by atoms with Crippen LogP contribution in [0.5, 0.6) is 5.75 Å². The molecule has 0 aliphatic carbocycles. The van der Waals surface area contributed by atoms with Gasteiger partial charge in [0, 0.05) is 25.6 Å². The molecule has 0 N–H and O–H groups in total. The van der Waals surface area contributed by atoms with Crippen molar-refractivity contribution in [2.45, 2.75) is 19.3 Å². The third-order valence-corrected chi connectivity index (χ3v) is 4.05. The molecule has 4 nitrogen and oxygen atoms in total. The third kappa shape index (κ3) is 2.96. The molecule has 1 saturated heterocycles. The molecule has 1 fully saturated rings. The first-order chi connectivity index (χ1) is 9.84. The predicted molar refractivity (Wildman–Crippen MR) is 75.8 cm³/mol. The first-order valence-electron chi connectivity index (χ1n) is 7.42. The Hall–Kier alpha value is -1.55. The summed E-state index contributed by atoms with van der Waals surface area (Å²) in [5.41, 5.74) is 1.15. The lowest BCUT2D eigenvalue weighted by molar-refractivity contribution is -0.135. The summed E-state index contributed by atoms with van der Waals surface area (Å²) in [6.07, 6.45) is 2.52. The molecule has 2 heterocycles. The predicted octanol–water partition coefficient (Wildman–Crippen LogP) is 1.88. The minimum Gasteiger partial charge on any atom is -0.493 e. The maximum Gasteiger partial charge on any atom is 0.226 e. The fourth-order valence-electron chi connectivity index (χ4n) is 2.93. The first-order valence-corrected chi connectivity index (χ1v) is 7.42. The van der Waals surface area contributed by atoms with Crippen LogP contribution < -0.4 is 4.74 Å². The van der Waals surface area contributed by atoms with Gasteiger partial charge in [-0.15, -0.1) is 0 Å². The third-order valence-electron chi connectivity index (χ3n) is 4.05. The van der Waals surface area contributed by atoms with Crippen LogP contribution in [0.4, 0.5) is 0 Å². The van der Waals surface area contributed by atoms with Gasteiger partial charge < -0.3 is 14.4 Å². The second-order valence-electron chi connectivity index (χ2n) is 5.44. The zero-order chi connectivity index (χ0) is 13.8. The molecule has 0 saturated carbocycles. The Morgan fingerprint density at radius 3 is 3.00 bits per heavy atom. The van der Waals surface area contributed by atoms with Crippen LogP contribution in [0.1, 0.15) is 18.4 Å². The largest absolute Gasteiger partial charge is 0.493 e. The Balaban J connectivity index is 1.71. The Labute approximate surface area is 119 Å². The second-order valence-corrected chi connectivity index (χ2v) is 5.44. The zero-order valence-corrected chi connectivity index (χ0v) is 11.7. The number of rotatable bonds is 1. The Morgan fingerprint density at radius 1 is 1.15 bits per heavy atom. The van der Waals surface area contributed by atoms with Gasteiger partial charge >= 0.3 is 0 Å². The van der Waals surface area contributed by atoms with E-state index in [9.17, 15) is 4.79 Å². The van der Waals surface area contributed by atoms with E-state index in [0.29, 0.717) is 13.2 Å². The van der Waals surface area contributed by atoms with Crippen molar-refractivity contribution >= 4 is 5.91 Å². The molecule has 108 valence electrons. The average Bonchev–Trinajstić information content (AvgIpc) is 2.87. The van der Waals surface area contributed by atoms with Gasteiger partial charge in [0.05, 0.1) is 13.2 Å². The first kappa shape index (κ1) is 13.4. The van der Waals surface area contributed by atoms with Crippen molar-refractivity contribution in [3.63, 3.8) is 0 Å². The number of hydrogen-bond acceptors (Lipinski definition) is 3. The number of fused-ring (bicyclic) bond motifs is 1. The van der Waals surface area contributed by atoms with Crippen molar-refractivity contribution in [3.05, 3.63) is 29.8 Å². The van der Waals surface area contributed by atoms with Crippen LogP contribution in [0, 0.1) is 5.92 Å². The van der Waals surface area contributed by atoms with Crippen LogP contribution in [0.3, 0.4) is 0 Å².